The molecule has 0 aliphatic carbocycles. The molecule has 10 N–H and O–H groups in total. The van der Waals surface area contributed by atoms with Crippen LogP contribution in [0.15, 0.2) is 65.8 Å². The van der Waals surface area contributed by atoms with Crippen molar-refractivity contribution in [2.24, 2.45) is 16.5 Å². The molecule has 2 bridgehead atoms. The molecular weight excluding hydrogens is 693 g/mol. The molecule has 53 heavy (non-hydrogen) atoms. The average molecular weight is 736 g/mol. The van der Waals surface area contributed by atoms with E-state index >= 15 is 0 Å². The number of nitrogens with one attached hydrogen (secondary N) is 5. The zero-order valence-corrected chi connectivity index (χ0v) is 28.7. The Bertz CT molecular complexity index is 1780. The minimum Gasteiger partial charge on any atom is -0.481 e. The molecule has 0 saturated heterocycles. The molecule has 1 aromatic heterocycles. The van der Waals surface area contributed by atoms with Crippen LogP contribution in [0.2, 0.25) is 0 Å². The van der Waals surface area contributed by atoms with Crippen LogP contribution in [-0.2, 0) is 30.4 Å². The highest BCUT2D eigenvalue weighted by Gasteiger charge is 2.32. The maximum Gasteiger partial charge on any atom is 0.305 e. The van der Waals surface area contributed by atoms with Crippen LogP contribution in [0.4, 0.5) is 4.39 Å². The molecular formula is C34H42FN11O7. The summed E-state index contributed by atoms with van der Waals surface area (Å²) in [6.45, 7) is -0.368. The van der Waals surface area contributed by atoms with Crippen molar-refractivity contribution in [2.75, 3.05) is 19.6 Å². The summed E-state index contributed by atoms with van der Waals surface area (Å²) in [4.78, 5) is 81.8. The standard InChI is InChI=1S/C34H42FN11O7/c35-22-12-10-21(11-13-22)30(50)38-14-5-9-27-33(53)42-23(8-4-15-39-34(36)37)31(51)40-18-28(47)41-25(17-29(48)49)32(52)43-24(26-19-46(27)45-44-26)16-20-6-2-1-3-7-20/h1-3,6-7,10-13,19,23-25,27H,4-5,8-9,14-18H2,(H,38,50)(H,40,51)(H,41,47)(H,42,53)(H,43,52)(H,48,49)(H4,36,37,39)/t23-,24?,25-,27-/m0/s1. The number of carboxylic acid groups (broad SMARTS) is 1. The number of rotatable bonds is 13. The maximum atomic E-state index is 13.9. The van der Waals surface area contributed by atoms with Gasteiger partial charge in [-0.05, 0) is 61.9 Å². The predicted molar refractivity (Wildman–Crippen MR) is 187 cm³/mol. The van der Waals surface area contributed by atoms with Crippen molar-refractivity contribution in [3.63, 3.8) is 0 Å². The molecule has 2 heterocycles. The molecule has 0 radical (unpaired) electrons. The van der Waals surface area contributed by atoms with Gasteiger partial charge < -0.3 is 43.2 Å². The third-order valence-corrected chi connectivity index (χ3v) is 8.18. The number of amides is 5. The summed E-state index contributed by atoms with van der Waals surface area (Å²) in [6, 6.07) is 9.43. The lowest BCUT2D eigenvalue weighted by molar-refractivity contribution is -0.141. The highest BCUT2D eigenvalue weighted by molar-refractivity contribution is 5.95. The molecule has 2 aromatic carbocycles. The van der Waals surface area contributed by atoms with Crippen LogP contribution in [-0.4, -0.2) is 93.3 Å². The Hall–Kier alpha value is -6.40. The van der Waals surface area contributed by atoms with E-state index in [4.69, 9.17) is 11.5 Å². The predicted octanol–water partition coefficient (Wildman–Crippen LogP) is -0.804. The van der Waals surface area contributed by atoms with Crippen molar-refractivity contribution in [3.05, 3.63) is 83.4 Å². The molecule has 0 spiro atoms. The Kier molecular flexibility index (Phi) is 14.3. The number of aliphatic carboxylic acids is 1. The Morgan fingerprint density at radius 3 is 2.32 bits per heavy atom. The number of halogens is 1. The van der Waals surface area contributed by atoms with E-state index in [1.807, 2.05) is 18.2 Å². The number of fused-ring (bicyclic) bond motifs is 2. The zero-order valence-electron chi connectivity index (χ0n) is 28.7. The van der Waals surface area contributed by atoms with E-state index in [2.05, 4.69) is 41.9 Å². The van der Waals surface area contributed by atoms with Gasteiger partial charge in [-0.15, -0.1) is 5.10 Å². The second-order valence-electron chi connectivity index (χ2n) is 12.2. The van der Waals surface area contributed by atoms with Gasteiger partial charge in [0.05, 0.1) is 25.2 Å². The van der Waals surface area contributed by atoms with E-state index < -0.39 is 78.5 Å². The first-order valence-electron chi connectivity index (χ1n) is 16.8. The number of carboxylic acids is 1. The number of carbonyl (C=O) groups is 6. The molecule has 3 aromatic rings. The van der Waals surface area contributed by atoms with Gasteiger partial charge >= 0.3 is 5.97 Å². The van der Waals surface area contributed by atoms with Gasteiger partial charge in [0, 0.05) is 18.7 Å². The van der Waals surface area contributed by atoms with Gasteiger partial charge in [-0.25, -0.2) is 9.07 Å². The fourth-order valence-corrected chi connectivity index (χ4v) is 5.50. The molecule has 18 nitrogen and oxygen atoms in total. The van der Waals surface area contributed by atoms with Crippen molar-refractivity contribution >= 4 is 41.5 Å². The number of carbonyl (C=O) groups excluding carboxylic acids is 5. The SMILES string of the molecule is NC(N)=NCCC[C@@H]1NC(=O)[C@H](CCCNC(=O)c2ccc(F)cc2)n2cc(nn2)C(Cc2ccccc2)NC(=O)[C@H](CC(=O)O)NC(=O)CNC1=O. The van der Waals surface area contributed by atoms with Crippen molar-refractivity contribution in [1.82, 2.24) is 41.6 Å². The Morgan fingerprint density at radius 1 is 0.906 bits per heavy atom. The van der Waals surface area contributed by atoms with E-state index in [1.54, 1.807) is 12.1 Å². The van der Waals surface area contributed by atoms with Crippen LogP contribution in [0.3, 0.4) is 0 Å². The highest BCUT2D eigenvalue weighted by Crippen LogP contribution is 2.21. The van der Waals surface area contributed by atoms with Gasteiger partial charge in [0.25, 0.3) is 5.91 Å². The summed E-state index contributed by atoms with van der Waals surface area (Å²) in [5.41, 5.74) is 12.1. The van der Waals surface area contributed by atoms with Gasteiger partial charge in [-0.3, -0.25) is 33.8 Å². The highest BCUT2D eigenvalue weighted by atomic mass is 19.1. The molecule has 1 unspecified atom stereocenters. The fraction of sp³-hybridized carbons (Fsp3) is 0.382. The van der Waals surface area contributed by atoms with Crippen LogP contribution >= 0.6 is 0 Å². The summed E-state index contributed by atoms with van der Waals surface area (Å²) in [6.07, 6.45) is 1.57. The first-order valence-corrected chi connectivity index (χ1v) is 16.8. The number of nitrogens with two attached hydrogens (primary N) is 2. The molecule has 282 valence electrons. The van der Waals surface area contributed by atoms with E-state index in [1.165, 1.54) is 23.0 Å². The number of aliphatic imine (C=N–C) groups is 1. The lowest BCUT2D eigenvalue weighted by Crippen LogP contribution is -2.53. The van der Waals surface area contributed by atoms with Gasteiger partial charge in [-0.1, -0.05) is 35.5 Å². The van der Waals surface area contributed by atoms with E-state index in [0.29, 0.717) is 0 Å². The molecule has 0 fully saturated rings. The molecule has 4 atom stereocenters. The van der Waals surface area contributed by atoms with Gasteiger partial charge in [0.1, 0.15) is 29.6 Å². The minimum atomic E-state index is -1.51. The molecule has 5 amide bonds. The topological polar surface area (TPSA) is 278 Å². The monoisotopic (exact) mass is 735 g/mol. The molecule has 1 aliphatic heterocycles. The van der Waals surface area contributed by atoms with Crippen molar-refractivity contribution < 1.29 is 38.3 Å². The van der Waals surface area contributed by atoms with Crippen LogP contribution in [0.5, 0.6) is 0 Å². The Balaban J connectivity index is 1.65. The second kappa shape index (κ2) is 19.3. The Morgan fingerprint density at radius 2 is 1.62 bits per heavy atom. The zero-order chi connectivity index (χ0) is 38.3. The number of nitrogens with zero attached hydrogens (tertiary/aromatic N) is 4. The molecule has 19 heteroatoms. The number of guanidine groups is 1. The molecule has 4 rings (SSSR count). The smallest absolute Gasteiger partial charge is 0.305 e. The summed E-state index contributed by atoms with van der Waals surface area (Å²) in [5, 5.41) is 31.0. The van der Waals surface area contributed by atoms with Crippen LogP contribution in [0, 0.1) is 5.82 Å². The lowest BCUT2D eigenvalue weighted by atomic mass is 10.0. The largest absolute Gasteiger partial charge is 0.481 e. The summed E-state index contributed by atoms with van der Waals surface area (Å²) in [5.74, 6) is -5.48. The van der Waals surface area contributed by atoms with Crippen LogP contribution in [0.25, 0.3) is 0 Å². The quantitative estimate of drug-likeness (QED) is 0.0611. The van der Waals surface area contributed by atoms with Crippen molar-refractivity contribution in [1.29, 1.82) is 0 Å². The van der Waals surface area contributed by atoms with Gasteiger partial charge in [0.2, 0.25) is 23.6 Å². The number of aromatic nitrogens is 3. The summed E-state index contributed by atoms with van der Waals surface area (Å²) < 4.78 is 14.6. The van der Waals surface area contributed by atoms with Gasteiger partial charge in [-0.2, -0.15) is 0 Å². The first kappa shape index (κ1) is 39.4. The maximum absolute atomic E-state index is 13.9. The minimum absolute atomic E-state index is 0.0578. The van der Waals surface area contributed by atoms with Gasteiger partial charge in [0.15, 0.2) is 5.96 Å². The number of benzene rings is 2. The third-order valence-electron chi connectivity index (χ3n) is 8.18. The van der Waals surface area contributed by atoms with Crippen LogP contribution in [0.1, 0.15) is 65.8 Å². The van der Waals surface area contributed by atoms with E-state index in [-0.39, 0.29) is 62.4 Å². The fourth-order valence-electron chi connectivity index (χ4n) is 5.50. The lowest BCUT2D eigenvalue weighted by Gasteiger charge is -2.24. The van der Waals surface area contributed by atoms with Crippen molar-refractivity contribution in [3.8, 4) is 0 Å². The third kappa shape index (κ3) is 12.4. The molecule has 0 saturated carbocycles. The second-order valence-corrected chi connectivity index (χ2v) is 12.2. The normalized spacial score (nSPS) is 19.6. The first-order chi connectivity index (χ1) is 25.4. The van der Waals surface area contributed by atoms with E-state index in [9.17, 15) is 38.3 Å². The summed E-state index contributed by atoms with van der Waals surface area (Å²) >= 11 is 0. The van der Waals surface area contributed by atoms with Crippen LogP contribution < -0.4 is 38.1 Å². The van der Waals surface area contributed by atoms with E-state index in [0.717, 1.165) is 17.7 Å². The Labute approximate surface area is 303 Å². The number of hydrogen-bond acceptors (Lipinski definition) is 9. The van der Waals surface area contributed by atoms with Crippen molar-refractivity contribution in [2.45, 2.75) is 62.7 Å². The molecule has 1 aliphatic rings. The average Bonchev–Trinajstić information content (AvgIpc) is 3.61. The number of hydrogen-bond donors (Lipinski definition) is 8. The summed E-state index contributed by atoms with van der Waals surface area (Å²) in [7, 11) is 0.